The van der Waals surface area contributed by atoms with Crippen LogP contribution >= 0.6 is 0 Å². The van der Waals surface area contributed by atoms with Gasteiger partial charge in [-0.15, -0.1) is 15.3 Å². The van der Waals surface area contributed by atoms with Crippen molar-refractivity contribution in [1.82, 2.24) is 25.0 Å². The summed E-state index contributed by atoms with van der Waals surface area (Å²) in [5, 5.41) is 12.2. The van der Waals surface area contributed by atoms with Gasteiger partial charge in [-0.3, -0.25) is 0 Å². The number of hydrogen-bond acceptors (Lipinski definition) is 5. The lowest BCUT2D eigenvalue weighted by molar-refractivity contribution is 0.790. The van der Waals surface area contributed by atoms with Crippen LogP contribution in [0.2, 0.25) is 0 Å². The number of nitrogens with zero attached hydrogens (tertiary/aromatic N) is 5. The van der Waals surface area contributed by atoms with Crippen LogP contribution in [0.25, 0.3) is 17.0 Å². The first-order chi connectivity index (χ1) is 8.24. The maximum absolute atomic E-state index is 5.68. The van der Waals surface area contributed by atoms with Crippen molar-refractivity contribution in [3.05, 3.63) is 36.0 Å². The van der Waals surface area contributed by atoms with Crippen molar-refractivity contribution >= 4 is 16.9 Å². The van der Waals surface area contributed by atoms with Gasteiger partial charge < -0.3 is 5.73 Å². The minimum atomic E-state index is 0.420. The minimum Gasteiger partial charge on any atom is -0.382 e. The Balaban J connectivity index is 2.17. The predicted octanol–water partition coefficient (Wildman–Crippen LogP) is 1.10. The summed E-state index contributed by atoms with van der Waals surface area (Å²) in [6.45, 7) is 1.88. The molecule has 2 aromatic heterocycles. The third kappa shape index (κ3) is 1.59. The maximum atomic E-state index is 5.68. The van der Waals surface area contributed by atoms with Crippen molar-refractivity contribution < 1.29 is 0 Å². The van der Waals surface area contributed by atoms with Crippen molar-refractivity contribution in [3.8, 4) is 5.95 Å². The smallest absolute Gasteiger partial charge is 0.270 e. The van der Waals surface area contributed by atoms with Crippen molar-refractivity contribution in [2.75, 3.05) is 5.73 Å². The molecule has 0 radical (unpaired) electrons. The molecule has 2 heterocycles. The fourth-order valence-corrected chi connectivity index (χ4v) is 1.54. The highest BCUT2D eigenvalue weighted by Crippen LogP contribution is 2.12. The van der Waals surface area contributed by atoms with Crippen molar-refractivity contribution in [3.63, 3.8) is 0 Å². The molecule has 0 spiro atoms. The van der Waals surface area contributed by atoms with E-state index in [1.165, 1.54) is 4.68 Å². The van der Waals surface area contributed by atoms with E-state index in [9.17, 15) is 0 Å². The zero-order chi connectivity index (χ0) is 11.8. The molecule has 6 nitrogen and oxygen atoms in total. The largest absolute Gasteiger partial charge is 0.382 e. The Labute approximate surface area is 97.1 Å². The van der Waals surface area contributed by atoms with Gasteiger partial charge in [-0.25, -0.2) is 9.67 Å². The number of anilines is 1. The molecule has 3 aromatic rings. The van der Waals surface area contributed by atoms with E-state index in [4.69, 9.17) is 5.73 Å². The number of aromatic nitrogens is 5. The van der Waals surface area contributed by atoms with E-state index in [-0.39, 0.29) is 0 Å². The average Bonchev–Trinajstić information content (AvgIpc) is 2.69. The number of para-hydroxylation sites is 1. The van der Waals surface area contributed by atoms with Gasteiger partial charge in [-0.2, -0.15) is 0 Å². The molecular weight excluding hydrogens is 216 g/mol. The molecule has 2 N–H and O–H groups in total. The number of fused-ring (bicyclic) bond motifs is 1. The van der Waals surface area contributed by atoms with Crippen LogP contribution in [-0.2, 0) is 0 Å². The van der Waals surface area contributed by atoms with Gasteiger partial charge in [0.2, 0.25) is 0 Å². The van der Waals surface area contributed by atoms with Crippen LogP contribution in [0.1, 0.15) is 5.56 Å². The molecule has 84 valence electrons. The Morgan fingerprint density at radius 1 is 1.12 bits per heavy atom. The number of benzene rings is 1. The highest BCUT2D eigenvalue weighted by molar-refractivity contribution is 5.73. The lowest BCUT2D eigenvalue weighted by atomic mass is 10.3. The molecule has 0 atom stereocenters. The topological polar surface area (TPSA) is 82.5 Å². The number of rotatable bonds is 1. The van der Waals surface area contributed by atoms with Gasteiger partial charge in [0.05, 0.1) is 5.52 Å². The Hall–Kier alpha value is -2.50. The third-order valence-corrected chi connectivity index (χ3v) is 2.49. The Morgan fingerprint density at radius 3 is 2.59 bits per heavy atom. The molecule has 0 unspecified atom stereocenters. The van der Waals surface area contributed by atoms with Crippen LogP contribution in [0.4, 0.5) is 5.82 Å². The van der Waals surface area contributed by atoms with Crippen LogP contribution in [0, 0.1) is 6.92 Å². The molecule has 0 saturated carbocycles. The Morgan fingerprint density at radius 2 is 1.88 bits per heavy atom. The average molecular weight is 226 g/mol. The van der Waals surface area contributed by atoms with Crippen LogP contribution in [0.5, 0.6) is 0 Å². The van der Waals surface area contributed by atoms with Gasteiger partial charge in [0.25, 0.3) is 5.95 Å². The van der Waals surface area contributed by atoms with E-state index in [0.29, 0.717) is 11.8 Å². The van der Waals surface area contributed by atoms with Gasteiger partial charge >= 0.3 is 0 Å². The second kappa shape index (κ2) is 3.51. The monoisotopic (exact) mass is 226 g/mol. The lowest BCUT2D eigenvalue weighted by Gasteiger charge is -1.99. The molecule has 0 aliphatic rings. The quantitative estimate of drug-likeness (QED) is 0.671. The van der Waals surface area contributed by atoms with Crippen LogP contribution < -0.4 is 5.73 Å². The SMILES string of the molecule is Cc1cn(-c2nnc3ccccc3n2)nc1N. The van der Waals surface area contributed by atoms with Crippen molar-refractivity contribution in [1.29, 1.82) is 0 Å². The summed E-state index contributed by atoms with van der Waals surface area (Å²) in [5.74, 6) is 0.894. The summed E-state index contributed by atoms with van der Waals surface area (Å²) in [5.41, 5.74) is 8.11. The molecule has 3 rings (SSSR count). The summed E-state index contributed by atoms with van der Waals surface area (Å²) in [4.78, 5) is 4.37. The van der Waals surface area contributed by atoms with Crippen molar-refractivity contribution in [2.45, 2.75) is 6.92 Å². The predicted molar refractivity (Wildman–Crippen MR) is 63.6 cm³/mol. The van der Waals surface area contributed by atoms with Crippen LogP contribution in [0.3, 0.4) is 0 Å². The van der Waals surface area contributed by atoms with Crippen LogP contribution in [0.15, 0.2) is 30.5 Å². The summed E-state index contributed by atoms with van der Waals surface area (Å²) >= 11 is 0. The normalized spacial score (nSPS) is 10.9. The van der Waals surface area contributed by atoms with Gasteiger partial charge in [0.1, 0.15) is 11.3 Å². The van der Waals surface area contributed by atoms with Gasteiger partial charge in [-0.05, 0) is 19.1 Å². The summed E-state index contributed by atoms with van der Waals surface area (Å²) in [6, 6.07) is 7.55. The number of hydrogen-bond donors (Lipinski definition) is 1. The molecule has 0 bridgehead atoms. The van der Waals surface area contributed by atoms with E-state index in [2.05, 4.69) is 20.3 Å². The molecule has 0 aliphatic carbocycles. The molecule has 1 aromatic carbocycles. The zero-order valence-corrected chi connectivity index (χ0v) is 9.20. The first-order valence-corrected chi connectivity index (χ1v) is 5.15. The standard InChI is InChI=1S/C11H10N6/c1-7-6-17(16-10(7)12)11-13-8-4-2-3-5-9(8)14-15-11/h2-6H,1H3,(H2,12,16). The number of nitrogens with two attached hydrogens (primary N) is 1. The number of nitrogen functional groups attached to an aromatic ring is 1. The van der Waals surface area contributed by atoms with Gasteiger partial charge in [0.15, 0.2) is 0 Å². The fraction of sp³-hybridized carbons (Fsp3) is 0.0909. The van der Waals surface area contributed by atoms with Crippen LogP contribution in [-0.4, -0.2) is 25.0 Å². The Bertz CT molecular complexity index is 668. The second-order valence-electron chi connectivity index (χ2n) is 3.74. The molecule has 17 heavy (non-hydrogen) atoms. The highest BCUT2D eigenvalue weighted by atomic mass is 15.4. The van der Waals surface area contributed by atoms with E-state index in [1.54, 1.807) is 6.20 Å². The maximum Gasteiger partial charge on any atom is 0.270 e. The first kappa shape index (κ1) is 9.71. The van der Waals surface area contributed by atoms with Gasteiger partial charge in [0, 0.05) is 11.8 Å². The lowest BCUT2D eigenvalue weighted by Crippen LogP contribution is -2.04. The molecule has 0 aliphatic heterocycles. The molecule has 0 fully saturated rings. The summed E-state index contributed by atoms with van der Waals surface area (Å²) in [7, 11) is 0. The van der Waals surface area contributed by atoms with Gasteiger partial charge in [-0.1, -0.05) is 12.1 Å². The minimum absolute atomic E-state index is 0.420. The van der Waals surface area contributed by atoms with E-state index >= 15 is 0 Å². The zero-order valence-electron chi connectivity index (χ0n) is 9.20. The van der Waals surface area contributed by atoms with E-state index in [0.717, 1.165) is 16.6 Å². The summed E-state index contributed by atoms with van der Waals surface area (Å²) in [6.07, 6.45) is 1.78. The third-order valence-electron chi connectivity index (χ3n) is 2.49. The molecular formula is C11H10N6. The molecule has 0 amide bonds. The first-order valence-electron chi connectivity index (χ1n) is 5.15. The van der Waals surface area contributed by atoms with E-state index < -0.39 is 0 Å². The number of aryl methyl sites for hydroxylation is 1. The second-order valence-corrected chi connectivity index (χ2v) is 3.74. The molecule has 6 heteroatoms. The fourth-order valence-electron chi connectivity index (χ4n) is 1.54. The van der Waals surface area contributed by atoms with E-state index in [1.807, 2.05) is 31.2 Å². The Kier molecular flexibility index (Phi) is 2.01. The highest BCUT2D eigenvalue weighted by Gasteiger charge is 2.07. The molecule has 0 saturated heterocycles. The van der Waals surface area contributed by atoms with Crippen molar-refractivity contribution in [2.24, 2.45) is 0 Å². The summed E-state index contributed by atoms with van der Waals surface area (Å²) < 4.78 is 1.53.